The van der Waals surface area contributed by atoms with E-state index in [2.05, 4.69) is 22.3 Å². The summed E-state index contributed by atoms with van der Waals surface area (Å²) in [7, 11) is 0. The lowest BCUT2D eigenvalue weighted by Crippen LogP contribution is -2.55. The highest BCUT2D eigenvalue weighted by Crippen LogP contribution is 2.18. The molecule has 1 amide bonds. The van der Waals surface area contributed by atoms with Gasteiger partial charge >= 0.3 is 0 Å². The van der Waals surface area contributed by atoms with E-state index in [1.807, 2.05) is 25.1 Å². The van der Waals surface area contributed by atoms with E-state index in [9.17, 15) is 4.79 Å². The quantitative estimate of drug-likeness (QED) is 0.804. The number of ether oxygens (including phenoxy) is 1. The molecule has 0 spiro atoms. The highest BCUT2D eigenvalue weighted by molar-refractivity contribution is 5.81. The fraction of sp³-hybridized carbons (Fsp3) is 0.562. The molecule has 1 aliphatic heterocycles. The van der Waals surface area contributed by atoms with Crippen molar-refractivity contribution in [3.8, 4) is 0 Å². The fourth-order valence-electron chi connectivity index (χ4n) is 2.71. The second-order valence-electron chi connectivity index (χ2n) is 5.32. The molecule has 0 bridgehead atoms. The molecule has 1 heterocycles. The van der Waals surface area contributed by atoms with Crippen LogP contribution in [0.5, 0.6) is 0 Å². The molecular weight excluding hydrogens is 266 g/mol. The Labute approximate surface area is 126 Å². The molecule has 1 fully saturated rings. The van der Waals surface area contributed by atoms with Crippen LogP contribution in [0.4, 0.5) is 0 Å². The van der Waals surface area contributed by atoms with Crippen LogP contribution in [0.1, 0.15) is 18.4 Å². The molecule has 1 saturated heterocycles. The smallest absolute Gasteiger partial charge is 0.239 e. The Kier molecular flexibility index (Phi) is 6.17. The van der Waals surface area contributed by atoms with Crippen LogP contribution in [-0.2, 0) is 9.53 Å². The molecule has 2 atom stereocenters. The van der Waals surface area contributed by atoms with Crippen molar-refractivity contribution in [2.24, 2.45) is 5.73 Å². The lowest BCUT2D eigenvalue weighted by atomic mass is 9.97. The van der Waals surface area contributed by atoms with E-state index in [1.54, 1.807) is 0 Å². The van der Waals surface area contributed by atoms with Gasteiger partial charge in [-0.1, -0.05) is 30.3 Å². The minimum Gasteiger partial charge on any atom is -0.378 e. The summed E-state index contributed by atoms with van der Waals surface area (Å²) in [6.07, 6.45) is 0. The zero-order valence-electron chi connectivity index (χ0n) is 12.6. The maximum absolute atomic E-state index is 12.2. The number of morpholine rings is 1. The van der Waals surface area contributed by atoms with Crippen LogP contribution in [0.25, 0.3) is 0 Å². The zero-order chi connectivity index (χ0) is 15.1. The lowest BCUT2D eigenvalue weighted by molar-refractivity contribution is -0.132. The van der Waals surface area contributed by atoms with E-state index >= 15 is 0 Å². The van der Waals surface area contributed by atoms with Crippen molar-refractivity contribution in [2.75, 3.05) is 39.4 Å². The molecule has 2 rings (SSSR count). The van der Waals surface area contributed by atoms with Crippen LogP contribution < -0.4 is 11.1 Å². The van der Waals surface area contributed by atoms with E-state index in [1.165, 1.54) is 5.56 Å². The van der Waals surface area contributed by atoms with E-state index in [4.69, 9.17) is 10.5 Å². The Morgan fingerprint density at radius 2 is 2.24 bits per heavy atom. The predicted octanol–water partition coefficient (Wildman–Crippen LogP) is 0.566. The molecular formula is C16H25N3O2. The molecule has 1 aliphatic rings. The Balaban J connectivity index is 2.05. The van der Waals surface area contributed by atoms with Crippen LogP contribution in [-0.4, -0.2) is 56.2 Å². The van der Waals surface area contributed by atoms with Gasteiger partial charge in [-0.2, -0.15) is 0 Å². The largest absolute Gasteiger partial charge is 0.378 e. The maximum Gasteiger partial charge on any atom is 0.239 e. The number of hydrogen-bond acceptors (Lipinski definition) is 4. The minimum absolute atomic E-state index is 0.0426. The van der Waals surface area contributed by atoms with Gasteiger partial charge in [-0.15, -0.1) is 0 Å². The number of hydrogen-bond donors (Lipinski definition) is 2. The molecule has 5 heteroatoms. The second-order valence-corrected chi connectivity index (χ2v) is 5.32. The summed E-state index contributed by atoms with van der Waals surface area (Å²) in [5, 5.41) is 2.88. The van der Waals surface area contributed by atoms with Crippen LogP contribution in [0.3, 0.4) is 0 Å². The van der Waals surface area contributed by atoms with Crippen molar-refractivity contribution < 1.29 is 9.53 Å². The maximum atomic E-state index is 12.2. The Morgan fingerprint density at radius 3 is 2.90 bits per heavy atom. The molecule has 2 unspecified atom stereocenters. The van der Waals surface area contributed by atoms with Crippen LogP contribution >= 0.6 is 0 Å². The minimum atomic E-state index is -0.212. The average Bonchev–Trinajstić information content (AvgIpc) is 2.54. The van der Waals surface area contributed by atoms with Gasteiger partial charge in [-0.05, 0) is 12.5 Å². The van der Waals surface area contributed by atoms with Gasteiger partial charge in [0.25, 0.3) is 0 Å². The third-order valence-electron chi connectivity index (χ3n) is 3.90. The van der Waals surface area contributed by atoms with Crippen molar-refractivity contribution in [1.29, 1.82) is 0 Å². The summed E-state index contributed by atoms with van der Waals surface area (Å²) in [5.74, 6) is 0.280. The van der Waals surface area contributed by atoms with Crippen LogP contribution in [0, 0.1) is 0 Å². The second kappa shape index (κ2) is 8.12. The lowest BCUT2D eigenvalue weighted by Gasteiger charge is -2.36. The van der Waals surface area contributed by atoms with Gasteiger partial charge in [0, 0.05) is 32.1 Å². The number of nitrogens with zero attached hydrogens (tertiary/aromatic N) is 1. The molecule has 0 saturated carbocycles. The first-order valence-corrected chi connectivity index (χ1v) is 7.60. The van der Waals surface area contributed by atoms with Crippen molar-refractivity contribution in [3.05, 3.63) is 35.9 Å². The van der Waals surface area contributed by atoms with Crippen molar-refractivity contribution >= 4 is 5.91 Å². The normalized spacial score (nSPS) is 21.0. The average molecular weight is 291 g/mol. The Hall–Kier alpha value is -1.43. The molecule has 3 N–H and O–H groups in total. The number of amides is 1. The standard InChI is InChI=1S/C16H25N3O2/c1-2-18-16(20)15-12-21-9-8-19(15)11-14(10-17)13-6-4-3-5-7-13/h3-7,14-15H,2,8-12,17H2,1H3,(H,18,20). The summed E-state index contributed by atoms with van der Waals surface area (Å²) in [4.78, 5) is 14.3. The molecule has 0 aliphatic carbocycles. The number of carbonyl (C=O) groups is 1. The van der Waals surface area contributed by atoms with Gasteiger partial charge in [0.2, 0.25) is 5.91 Å². The van der Waals surface area contributed by atoms with Crippen LogP contribution in [0.2, 0.25) is 0 Å². The van der Waals surface area contributed by atoms with Gasteiger partial charge in [-0.3, -0.25) is 9.69 Å². The van der Waals surface area contributed by atoms with Crippen molar-refractivity contribution in [3.63, 3.8) is 0 Å². The first-order chi connectivity index (χ1) is 10.3. The fourth-order valence-corrected chi connectivity index (χ4v) is 2.71. The van der Waals surface area contributed by atoms with Gasteiger partial charge in [0.15, 0.2) is 0 Å². The molecule has 1 aromatic rings. The Bertz CT molecular complexity index is 438. The molecule has 1 aromatic carbocycles. The zero-order valence-corrected chi connectivity index (χ0v) is 12.6. The van der Waals surface area contributed by atoms with Crippen LogP contribution in [0.15, 0.2) is 30.3 Å². The van der Waals surface area contributed by atoms with Gasteiger partial charge < -0.3 is 15.8 Å². The number of likely N-dealkylation sites (N-methyl/N-ethyl adjacent to an activating group) is 1. The number of rotatable bonds is 6. The third kappa shape index (κ3) is 4.27. The first-order valence-electron chi connectivity index (χ1n) is 7.60. The summed E-state index contributed by atoms with van der Waals surface area (Å²) >= 11 is 0. The van der Waals surface area contributed by atoms with E-state index in [0.29, 0.717) is 26.3 Å². The molecule has 116 valence electrons. The monoisotopic (exact) mass is 291 g/mol. The number of carbonyl (C=O) groups excluding carboxylic acids is 1. The SMILES string of the molecule is CCNC(=O)C1COCCN1CC(CN)c1ccccc1. The van der Waals surface area contributed by atoms with Gasteiger partial charge in [-0.25, -0.2) is 0 Å². The number of nitrogens with two attached hydrogens (primary N) is 1. The third-order valence-corrected chi connectivity index (χ3v) is 3.90. The topological polar surface area (TPSA) is 67.6 Å². The number of nitrogens with one attached hydrogen (secondary N) is 1. The summed E-state index contributed by atoms with van der Waals surface area (Å²) in [6, 6.07) is 10.0. The molecule has 0 aromatic heterocycles. The van der Waals surface area contributed by atoms with Gasteiger partial charge in [0.1, 0.15) is 6.04 Å². The van der Waals surface area contributed by atoms with E-state index in [-0.39, 0.29) is 17.9 Å². The summed E-state index contributed by atoms with van der Waals surface area (Å²) < 4.78 is 5.47. The van der Waals surface area contributed by atoms with Crippen molar-refractivity contribution in [2.45, 2.75) is 18.9 Å². The Morgan fingerprint density at radius 1 is 1.48 bits per heavy atom. The molecule has 21 heavy (non-hydrogen) atoms. The predicted molar refractivity (Wildman–Crippen MR) is 83.1 cm³/mol. The van der Waals surface area contributed by atoms with Gasteiger partial charge in [0.05, 0.1) is 13.2 Å². The highest BCUT2D eigenvalue weighted by atomic mass is 16.5. The van der Waals surface area contributed by atoms with E-state index < -0.39 is 0 Å². The number of benzene rings is 1. The molecule has 5 nitrogen and oxygen atoms in total. The first kappa shape index (κ1) is 15.9. The molecule has 0 radical (unpaired) electrons. The highest BCUT2D eigenvalue weighted by Gasteiger charge is 2.30. The van der Waals surface area contributed by atoms with Crippen molar-refractivity contribution in [1.82, 2.24) is 10.2 Å². The summed E-state index contributed by atoms with van der Waals surface area (Å²) in [5.41, 5.74) is 7.17. The summed E-state index contributed by atoms with van der Waals surface area (Å²) in [6.45, 7) is 5.82. The van der Waals surface area contributed by atoms with E-state index in [0.717, 1.165) is 13.1 Å².